The van der Waals surface area contributed by atoms with E-state index < -0.39 is 5.91 Å². The maximum absolute atomic E-state index is 11.0. The summed E-state index contributed by atoms with van der Waals surface area (Å²) in [6.45, 7) is 0. The first-order valence-electron chi connectivity index (χ1n) is 4.81. The van der Waals surface area contributed by atoms with Gasteiger partial charge in [0.25, 0.3) is 5.91 Å². The third-order valence-electron chi connectivity index (χ3n) is 2.29. The van der Waals surface area contributed by atoms with Gasteiger partial charge in [-0.1, -0.05) is 17.7 Å². The van der Waals surface area contributed by atoms with Crippen LogP contribution in [0.4, 0.5) is 0 Å². The van der Waals surface area contributed by atoms with Gasteiger partial charge in [0.05, 0.1) is 23.4 Å². The minimum atomic E-state index is -0.574. The molecule has 0 saturated heterocycles. The van der Waals surface area contributed by atoms with Gasteiger partial charge < -0.3 is 10.5 Å². The Hall–Kier alpha value is -2.01. The van der Waals surface area contributed by atoms with Gasteiger partial charge in [-0.05, 0) is 18.2 Å². The van der Waals surface area contributed by atoms with E-state index in [4.69, 9.17) is 22.1 Å². The molecule has 88 valence electrons. The molecule has 17 heavy (non-hydrogen) atoms. The van der Waals surface area contributed by atoms with Crippen LogP contribution in [0.3, 0.4) is 0 Å². The van der Waals surface area contributed by atoms with Crippen LogP contribution < -0.4 is 10.5 Å². The highest BCUT2D eigenvalue weighted by Gasteiger charge is 2.14. The number of nitrogens with zero attached hydrogens (tertiary/aromatic N) is 1. The van der Waals surface area contributed by atoms with Gasteiger partial charge in [-0.3, -0.25) is 9.89 Å². The lowest BCUT2D eigenvalue weighted by Crippen LogP contribution is -2.10. The average molecular weight is 252 g/mol. The summed E-state index contributed by atoms with van der Waals surface area (Å²) in [7, 11) is 1.54. The van der Waals surface area contributed by atoms with E-state index in [-0.39, 0.29) is 5.69 Å². The Balaban J connectivity index is 2.55. The molecule has 0 aliphatic rings. The first-order chi connectivity index (χ1) is 8.13. The number of rotatable bonds is 3. The van der Waals surface area contributed by atoms with Crippen molar-refractivity contribution in [1.29, 1.82) is 0 Å². The highest BCUT2D eigenvalue weighted by atomic mass is 35.5. The van der Waals surface area contributed by atoms with Crippen molar-refractivity contribution in [1.82, 2.24) is 10.2 Å². The van der Waals surface area contributed by atoms with E-state index in [1.807, 2.05) is 0 Å². The molecule has 1 aromatic carbocycles. The zero-order valence-electron chi connectivity index (χ0n) is 9.03. The third-order valence-corrected chi connectivity index (χ3v) is 2.61. The largest absolute Gasteiger partial charge is 0.496 e. The summed E-state index contributed by atoms with van der Waals surface area (Å²) >= 11 is 6.08. The summed E-state index contributed by atoms with van der Waals surface area (Å²) in [6, 6.07) is 6.79. The van der Waals surface area contributed by atoms with Crippen molar-refractivity contribution in [2.45, 2.75) is 0 Å². The number of hydrogen-bond acceptors (Lipinski definition) is 3. The summed E-state index contributed by atoms with van der Waals surface area (Å²) in [5, 5.41) is 7.02. The molecule has 1 heterocycles. The van der Waals surface area contributed by atoms with E-state index >= 15 is 0 Å². The maximum atomic E-state index is 11.0. The lowest BCUT2D eigenvalue weighted by molar-refractivity contribution is 0.0995. The molecule has 6 heteroatoms. The van der Waals surface area contributed by atoms with Crippen LogP contribution in [0, 0.1) is 0 Å². The third kappa shape index (κ3) is 2.09. The summed E-state index contributed by atoms with van der Waals surface area (Å²) in [6.07, 6.45) is 0. The molecular formula is C11H10ClN3O2. The minimum Gasteiger partial charge on any atom is -0.496 e. The second-order valence-electron chi connectivity index (χ2n) is 3.35. The molecule has 1 aromatic heterocycles. The van der Waals surface area contributed by atoms with Gasteiger partial charge in [0.2, 0.25) is 0 Å². The number of aromatic amines is 1. The minimum absolute atomic E-state index is 0.224. The smallest absolute Gasteiger partial charge is 0.266 e. The molecular weight excluding hydrogens is 242 g/mol. The second kappa shape index (κ2) is 4.47. The fraction of sp³-hybridized carbons (Fsp3) is 0.0909. The van der Waals surface area contributed by atoms with Crippen molar-refractivity contribution >= 4 is 17.5 Å². The number of halogens is 1. The zero-order valence-corrected chi connectivity index (χ0v) is 9.78. The highest BCUT2D eigenvalue weighted by molar-refractivity contribution is 6.33. The first kappa shape index (κ1) is 11.5. The second-order valence-corrected chi connectivity index (χ2v) is 3.76. The topological polar surface area (TPSA) is 81.0 Å². The van der Waals surface area contributed by atoms with Crippen LogP contribution in [-0.2, 0) is 0 Å². The van der Waals surface area contributed by atoms with Gasteiger partial charge in [-0.2, -0.15) is 5.10 Å². The molecule has 0 aliphatic heterocycles. The molecule has 0 aliphatic carbocycles. The number of hydrogen-bond donors (Lipinski definition) is 2. The summed E-state index contributed by atoms with van der Waals surface area (Å²) < 4.78 is 5.20. The molecule has 0 saturated carbocycles. The van der Waals surface area contributed by atoms with Crippen LogP contribution in [0.15, 0.2) is 24.3 Å². The quantitative estimate of drug-likeness (QED) is 0.873. The molecule has 0 atom stereocenters. The van der Waals surface area contributed by atoms with Gasteiger partial charge in [-0.25, -0.2) is 0 Å². The summed E-state index contributed by atoms with van der Waals surface area (Å²) in [5.74, 6) is 0.00907. The van der Waals surface area contributed by atoms with E-state index in [9.17, 15) is 4.79 Å². The van der Waals surface area contributed by atoms with Crippen molar-refractivity contribution in [2.24, 2.45) is 5.73 Å². The fourth-order valence-electron chi connectivity index (χ4n) is 1.50. The monoisotopic (exact) mass is 251 g/mol. The molecule has 2 rings (SSSR count). The Morgan fingerprint density at radius 3 is 2.88 bits per heavy atom. The molecule has 0 radical (unpaired) electrons. The normalized spacial score (nSPS) is 10.2. The Bertz CT molecular complexity index is 566. The number of carbonyl (C=O) groups excluding carboxylic acids is 1. The van der Waals surface area contributed by atoms with Crippen LogP contribution in [0.1, 0.15) is 10.5 Å². The molecule has 1 amide bonds. The Kier molecular flexibility index (Phi) is 3.01. The van der Waals surface area contributed by atoms with Crippen molar-refractivity contribution in [2.75, 3.05) is 7.11 Å². The Labute approximate surface area is 103 Å². The van der Waals surface area contributed by atoms with E-state index in [1.54, 1.807) is 18.2 Å². The number of H-pyrrole nitrogens is 1. The van der Waals surface area contributed by atoms with Gasteiger partial charge in [0.15, 0.2) is 0 Å². The van der Waals surface area contributed by atoms with E-state index in [1.165, 1.54) is 13.2 Å². The van der Waals surface area contributed by atoms with Crippen LogP contribution in [0.5, 0.6) is 5.75 Å². The first-order valence-corrected chi connectivity index (χ1v) is 5.19. The Morgan fingerprint density at radius 1 is 1.53 bits per heavy atom. The number of methoxy groups -OCH3 is 1. The number of primary amides is 1. The van der Waals surface area contributed by atoms with E-state index in [0.717, 1.165) is 0 Å². The number of amides is 1. The fourth-order valence-corrected chi connectivity index (χ4v) is 1.76. The standard InChI is InChI=1S/C11H10ClN3O2/c1-17-9-4-2-3-6(12)10(9)7-5-8(11(13)16)15-14-7/h2-5H,1H3,(H2,13,16)(H,14,15). The predicted octanol–water partition coefficient (Wildman–Crippen LogP) is 1.84. The van der Waals surface area contributed by atoms with Gasteiger partial charge in [-0.15, -0.1) is 0 Å². The molecule has 3 N–H and O–H groups in total. The molecule has 0 spiro atoms. The molecule has 0 bridgehead atoms. The number of nitrogens with two attached hydrogens (primary N) is 1. The number of aromatic nitrogens is 2. The molecule has 2 aromatic rings. The van der Waals surface area contributed by atoms with E-state index in [2.05, 4.69) is 10.2 Å². The molecule has 0 unspecified atom stereocenters. The highest BCUT2D eigenvalue weighted by Crippen LogP contribution is 2.35. The molecule has 0 fully saturated rings. The van der Waals surface area contributed by atoms with Crippen LogP contribution in [0.2, 0.25) is 5.02 Å². The lowest BCUT2D eigenvalue weighted by Gasteiger charge is -2.07. The lowest BCUT2D eigenvalue weighted by atomic mass is 10.1. The summed E-state index contributed by atoms with van der Waals surface area (Å²) in [5.41, 5.74) is 6.50. The Morgan fingerprint density at radius 2 is 2.29 bits per heavy atom. The zero-order chi connectivity index (χ0) is 12.4. The van der Waals surface area contributed by atoms with Gasteiger partial charge >= 0.3 is 0 Å². The number of carbonyl (C=O) groups is 1. The number of benzene rings is 1. The van der Waals surface area contributed by atoms with Crippen molar-refractivity contribution in [3.8, 4) is 17.0 Å². The van der Waals surface area contributed by atoms with Crippen molar-refractivity contribution < 1.29 is 9.53 Å². The maximum Gasteiger partial charge on any atom is 0.266 e. The van der Waals surface area contributed by atoms with Gasteiger partial charge in [0.1, 0.15) is 11.4 Å². The van der Waals surface area contributed by atoms with Crippen LogP contribution >= 0.6 is 11.6 Å². The predicted molar refractivity (Wildman–Crippen MR) is 64.1 cm³/mol. The SMILES string of the molecule is COc1cccc(Cl)c1-c1cc(C(N)=O)[nH]n1. The van der Waals surface area contributed by atoms with Crippen LogP contribution in [0.25, 0.3) is 11.3 Å². The summed E-state index contributed by atoms with van der Waals surface area (Å²) in [4.78, 5) is 11.0. The van der Waals surface area contributed by atoms with Crippen molar-refractivity contribution in [3.05, 3.63) is 35.0 Å². The average Bonchev–Trinajstić information content (AvgIpc) is 2.77. The van der Waals surface area contributed by atoms with Gasteiger partial charge in [0, 0.05) is 0 Å². The molecule has 5 nitrogen and oxygen atoms in total. The van der Waals surface area contributed by atoms with Crippen molar-refractivity contribution in [3.63, 3.8) is 0 Å². The number of nitrogens with one attached hydrogen (secondary N) is 1. The number of ether oxygens (including phenoxy) is 1. The van der Waals surface area contributed by atoms with E-state index in [0.29, 0.717) is 22.0 Å². The van der Waals surface area contributed by atoms with Crippen LogP contribution in [-0.4, -0.2) is 23.2 Å².